The van der Waals surface area contributed by atoms with E-state index >= 15 is 0 Å². The Labute approximate surface area is 205 Å². The molecule has 3 aromatic carbocycles. The van der Waals surface area contributed by atoms with Crippen molar-refractivity contribution in [2.45, 2.75) is 11.8 Å². The van der Waals surface area contributed by atoms with E-state index in [0.29, 0.717) is 27.3 Å². The summed E-state index contributed by atoms with van der Waals surface area (Å²) in [6.45, 7) is 1.88. The maximum atomic E-state index is 12.7. The van der Waals surface area contributed by atoms with E-state index in [0.717, 1.165) is 5.56 Å². The highest BCUT2D eigenvalue weighted by atomic mass is 79.9. The number of carbonyl (C=O) groups is 1. The van der Waals surface area contributed by atoms with Crippen molar-refractivity contribution in [2.75, 3.05) is 0 Å². The fourth-order valence-electron chi connectivity index (χ4n) is 3.03. The molecule has 0 amide bonds. The first-order chi connectivity index (χ1) is 16.3. The number of esters is 1. The third-order valence-electron chi connectivity index (χ3n) is 4.77. The van der Waals surface area contributed by atoms with Gasteiger partial charge >= 0.3 is 5.97 Å². The Morgan fingerprint density at radius 1 is 0.882 bits per heavy atom. The minimum Gasteiger partial charge on any atom is -0.442 e. The summed E-state index contributed by atoms with van der Waals surface area (Å²) in [7, 11) is -3.86. The van der Waals surface area contributed by atoms with Crippen LogP contribution < -0.4 is 9.57 Å². The van der Waals surface area contributed by atoms with Crippen molar-refractivity contribution in [3.8, 4) is 5.75 Å². The van der Waals surface area contributed by atoms with E-state index in [4.69, 9.17) is 9.15 Å². The van der Waals surface area contributed by atoms with Crippen molar-refractivity contribution in [3.05, 3.63) is 118 Å². The van der Waals surface area contributed by atoms with Gasteiger partial charge in [-0.1, -0.05) is 48.0 Å². The molecule has 0 unspecified atom stereocenters. The largest absolute Gasteiger partial charge is 0.442 e. The number of aryl methyl sites for hydroxylation is 1. The maximum Gasteiger partial charge on any atom is 0.379 e. The third-order valence-corrected chi connectivity index (χ3v) is 6.42. The van der Waals surface area contributed by atoms with Crippen LogP contribution in [0.25, 0.3) is 0 Å². The molecule has 0 fully saturated rings. The number of sulfonamides is 1. The Morgan fingerprint density at radius 3 is 2.15 bits per heavy atom. The molecule has 0 radical (unpaired) electrons. The van der Waals surface area contributed by atoms with E-state index in [1.165, 1.54) is 18.2 Å². The third kappa shape index (κ3) is 5.62. The molecule has 0 saturated carbocycles. The van der Waals surface area contributed by atoms with Crippen LogP contribution in [0.3, 0.4) is 0 Å². The van der Waals surface area contributed by atoms with E-state index in [1.54, 1.807) is 42.5 Å². The lowest BCUT2D eigenvalue weighted by Gasteiger charge is -2.10. The topological polar surface area (TPSA) is 98.0 Å². The zero-order chi connectivity index (χ0) is 24.1. The first kappa shape index (κ1) is 23.5. The predicted octanol–water partition coefficient (Wildman–Crippen LogP) is 5.30. The van der Waals surface area contributed by atoms with Crippen LogP contribution in [-0.2, 0) is 10.0 Å². The summed E-state index contributed by atoms with van der Waals surface area (Å²) in [5.74, 6) is -0.275. The number of hydrogen-bond donors (Lipinski definition) is 1. The van der Waals surface area contributed by atoms with Gasteiger partial charge in [0.25, 0.3) is 10.0 Å². The minimum atomic E-state index is -3.86. The van der Waals surface area contributed by atoms with E-state index < -0.39 is 16.0 Å². The summed E-state index contributed by atoms with van der Waals surface area (Å²) in [6.07, 6.45) is 0. The Balaban J connectivity index is 1.60. The number of nitrogens with one attached hydrogen (secondary N) is 1. The van der Waals surface area contributed by atoms with Crippen LogP contribution in [0.1, 0.15) is 27.2 Å². The molecule has 1 heterocycles. The standard InChI is InChI=1S/C25H19BrN2O5S/c1-17-7-13-21(14-8-17)34(30,31)28-27-24(18-5-3-2-4-6-18)19-9-11-20(12-10-19)32-25(29)22-15-16-23(26)33-22/h2-16,28H,1H3/b27-24-. The summed E-state index contributed by atoms with van der Waals surface area (Å²) in [5, 5.41) is 4.23. The fourth-order valence-corrected chi connectivity index (χ4v) is 4.15. The molecule has 0 atom stereocenters. The second kappa shape index (κ2) is 10.1. The smallest absolute Gasteiger partial charge is 0.379 e. The summed E-state index contributed by atoms with van der Waals surface area (Å²) in [6, 6.07) is 25.3. The average molecular weight is 539 g/mol. The molecule has 4 aromatic rings. The molecule has 0 spiro atoms. The van der Waals surface area contributed by atoms with Gasteiger partial charge in [-0.05, 0) is 71.4 Å². The summed E-state index contributed by atoms with van der Waals surface area (Å²) in [4.78, 5) is 14.6. The molecule has 0 aliphatic carbocycles. The van der Waals surface area contributed by atoms with Crippen molar-refractivity contribution in [2.24, 2.45) is 5.10 Å². The van der Waals surface area contributed by atoms with Crippen LogP contribution in [0, 0.1) is 6.92 Å². The van der Waals surface area contributed by atoms with Gasteiger partial charge in [0, 0.05) is 11.1 Å². The van der Waals surface area contributed by atoms with Gasteiger partial charge in [-0.2, -0.15) is 18.4 Å². The van der Waals surface area contributed by atoms with Crippen LogP contribution >= 0.6 is 15.9 Å². The van der Waals surface area contributed by atoms with Gasteiger partial charge < -0.3 is 9.15 Å². The molecule has 0 aliphatic rings. The van der Waals surface area contributed by atoms with Crippen molar-refractivity contribution in [1.82, 2.24) is 4.83 Å². The number of benzene rings is 3. The van der Waals surface area contributed by atoms with Gasteiger partial charge in [-0.15, -0.1) is 0 Å². The average Bonchev–Trinajstić information content (AvgIpc) is 3.28. The minimum absolute atomic E-state index is 0.0630. The summed E-state index contributed by atoms with van der Waals surface area (Å²) < 4.78 is 36.4. The van der Waals surface area contributed by atoms with Gasteiger partial charge in [0.15, 0.2) is 4.67 Å². The quantitative estimate of drug-likeness (QED) is 0.149. The number of hydrazone groups is 1. The molecule has 4 rings (SSSR count). The molecule has 0 bridgehead atoms. The van der Waals surface area contributed by atoms with E-state index in [1.807, 2.05) is 37.3 Å². The Morgan fingerprint density at radius 2 is 1.53 bits per heavy atom. The van der Waals surface area contributed by atoms with Gasteiger partial charge in [-0.25, -0.2) is 4.79 Å². The van der Waals surface area contributed by atoms with Gasteiger partial charge in [-0.3, -0.25) is 0 Å². The molecular formula is C25H19BrN2O5S. The Hall–Kier alpha value is -3.69. The van der Waals surface area contributed by atoms with E-state index in [2.05, 4.69) is 25.9 Å². The molecule has 7 nitrogen and oxygen atoms in total. The number of nitrogens with zero attached hydrogens (tertiary/aromatic N) is 1. The predicted molar refractivity (Wildman–Crippen MR) is 131 cm³/mol. The number of carbonyl (C=O) groups excluding carboxylic acids is 1. The lowest BCUT2D eigenvalue weighted by molar-refractivity contribution is 0.0700. The van der Waals surface area contributed by atoms with Crippen LogP contribution in [0.4, 0.5) is 0 Å². The Bertz CT molecular complexity index is 1430. The zero-order valence-electron chi connectivity index (χ0n) is 17.9. The monoisotopic (exact) mass is 538 g/mol. The zero-order valence-corrected chi connectivity index (χ0v) is 20.3. The first-order valence-corrected chi connectivity index (χ1v) is 12.4. The summed E-state index contributed by atoms with van der Waals surface area (Å²) in [5.41, 5.74) is 2.69. The highest BCUT2D eigenvalue weighted by Crippen LogP contribution is 2.20. The van der Waals surface area contributed by atoms with Crippen LogP contribution in [0.15, 0.2) is 110 Å². The van der Waals surface area contributed by atoms with Crippen LogP contribution in [0.2, 0.25) is 0 Å². The highest BCUT2D eigenvalue weighted by molar-refractivity contribution is 9.10. The molecule has 0 saturated heterocycles. The van der Waals surface area contributed by atoms with Crippen molar-refractivity contribution >= 4 is 37.6 Å². The van der Waals surface area contributed by atoms with E-state index in [9.17, 15) is 13.2 Å². The maximum absolute atomic E-state index is 12.7. The van der Waals surface area contributed by atoms with Crippen molar-refractivity contribution in [1.29, 1.82) is 0 Å². The fraction of sp³-hybridized carbons (Fsp3) is 0.0400. The van der Waals surface area contributed by atoms with Crippen LogP contribution in [-0.4, -0.2) is 20.1 Å². The highest BCUT2D eigenvalue weighted by Gasteiger charge is 2.16. The molecule has 9 heteroatoms. The second-order valence-corrected chi connectivity index (χ2v) is 9.69. The number of rotatable bonds is 7. The summed E-state index contributed by atoms with van der Waals surface area (Å²) >= 11 is 3.14. The number of halogens is 1. The lowest BCUT2D eigenvalue weighted by Crippen LogP contribution is -2.21. The number of hydrogen-bond acceptors (Lipinski definition) is 6. The van der Waals surface area contributed by atoms with Gasteiger partial charge in [0.05, 0.1) is 10.6 Å². The molecule has 1 aromatic heterocycles. The Kier molecular flexibility index (Phi) is 6.95. The number of ether oxygens (including phenoxy) is 1. The van der Waals surface area contributed by atoms with Gasteiger partial charge in [0.2, 0.25) is 5.76 Å². The first-order valence-electron chi connectivity index (χ1n) is 10.1. The van der Waals surface area contributed by atoms with Crippen molar-refractivity contribution in [3.63, 3.8) is 0 Å². The van der Waals surface area contributed by atoms with E-state index in [-0.39, 0.29) is 10.7 Å². The molecule has 172 valence electrons. The SMILES string of the molecule is Cc1ccc(S(=O)(=O)N/N=C(/c2ccccc2)c2ccc(OC(=O)c3ccc(Br)o3)cc2)cc1. The van der Waals surface area contributed by atoms with Crippen molar-refractivity contribution < 1.29 is 22.4 Å². The van der Waals surface area contributed by atoms with Crippen LogP contribution in [0.5, 0.6) is 5.75 Å². The van der Waals surface area contributed by atoms with Gasteiger partial charge in [0.1, 0.15) is 5.75 Å². The molecular weight excluding hydrogens is 520 g/mol. The molecule has 34 heavy (non-hydrogen) atoms. The second-order valence-electron chi connectivity index (χ2n) is 7.25. The molecule has 0 aliphatic heterocycles. The molecule has 1 N–H and O–H groups in total. The normalized spacial score (nSPS) is 11.8. The number of furan rings is 1. The lowest BCUT2D eigenvalue weighted by atomic mass is 10.0.